The molecule has 3 N–H and O–H groups in total. The zero-order valence-corrected chi connectivity index (χ0v) is 12.1. The number of nitrogens with zero attached hydrogens (tertiary/aromatic N) is 3. The minimum Gasteiger partial charge on any atom is -0.367 e. The molecule has 0 aromatic carbocycles. The molecule has 0 spiro atoms. The van der Waals surface area contributed by atoms with E-state index >= 15 is 0 Å². The Morgan fingerprint density at radius 1 is 1.44 bits per heavy atom. The molecule has 1 unspecified atom stereocenters. The van der Waals surface area contributed by atoms with Crippen LogP contribution in [-0.4, -0.2) is 35.1 Å². The summed E-state index contributed by atoms with van der Waals surface area (Å²) in [7, 11) is 1.99. The third-order valence-electron chi connectivity index (χ3n) is 2.70. The van der Waals surface area contributed by atoms with Gasteiger partial charge in [0.05, 0.1) is 0 Å². The van der Waals surface area contributed by atoms with Gasteiger partial charge in [0.2, 0.25) is 0 Å². The minimum atomic E-state index is -0.246. The van der Waals surface area contributed by atoms with Gasteiger partial charge in [-0.25, -0.2) is 9.97 Å². The molecule has 0 aliphatic carbocycles. The molecule has 0 saturated heterocycles. The fraction of sp³-hybridized carbons (Fsp3) is 0.692. The van der Waals surface area contributed by atoms with Gasteiger partial charge >= 0.3 is 0 Å². The summed E-state index contributed by atoms with van der Waals surface area (Å²) >= 11 is 0. The molecule has 0 fully saturated rings. The molecule has 0 radical (unpaired) electrons. The highest BCUT2D eigenvalue weighted by molar-refractivity contribution is 5.48. The predicted octanol–water partition coefficient (Wildman–Crippen LogP) is 1.86. The molecule has 5 nitrogen and oxygen atoms in total. The summed E-state index contributed by atoms with van der Waals surface area (Å²) in [6.07, 6.45) is 2.64. The smallest absolute Gasteiger partial charge is 0.133 e. The average molecular weight is 251 g/mol. The molecule has 1 heterocycles. The van der Waals surface area contributed by atoms with Crippen LogP contribution in [0.15, 0.2) is 12.4 Å². The number of hydrogen-bond donors (Lipinski definition) is 2. The number of anilines is 2. The summed E-state index contributed by atoms with van der Waals surface area (Å²) in [5.74, 6) is 1.74. The van der Waals surface area contributed by atoms with E-state index in [4.69, 9.17) is 5.73 Å². The van der Waals surface area contributed by atoms with E-state index in [2.05, 4.69) is 29.1 Å². The molecular weight excluding hydrogens is 226 g/mol. The highest BCUT2D eigenvalue weighted by atomic mass is 15.2. The van der Waals surface area contributed by atoms with Crippen LogP contribution in [0.25, 0.3) is 0 Å². The predicted molar refractivity (Wildman–Crippen MR) is 76.9 cm³/mol. The van der Waals surface area contributed by atoms with Gasteiger partial charge in [-0.1, -0.05) is 6.92 Å². The van der Waals surface area contributed by atoms with Crippen molar-refractivity contribution < 1.29 is 0 Å². The lowest BCUT2D eigenvalue weighted by Crippen LogP contribution is -2.44. The van der Waals surface area contributed by atoms with E-state index < -0.39 is 0 Å². The highest BCUT2D eigenvalue weighted by Gasteiger charge is 2.15. The maximum atomic E-state index is 6.01. The number of aromatic nitrogens is 2. The standard InChI is InChI=1S/C13H25N5/c1-6-10(2)17-11-7-12(16-9-15-11)18(5)8-13(3,4)14/h7,9-10H,6,8,14H2,1-5H3,(H,15,16,17). The normalized spacial score (nSPS) is 13.2. The number of nitrogens with two attached hydrogens (primary N) is 1. The van der Waals surface area contributed by atoms with Crippen molar-refractivity contribution in [3.05, 3.63) is 12.4 Å². The van der Waals surface area contributed by atoms with Crippen molar-refractivity contribution in [2.75, 3.05) is 23.8 Å². The second-order valence-corrected chi connectivity index (χ2v) is 5.56. The Balaban J connectivity index is 2.75. The van der Waals surface area contributed by atoms with Crippen LogP contribution in [0, 0.1) is 0 Å². The van der Waals surface area contributed by atoms with Crippen molar-refractivity contribution in [2.24, 2.45) is 5.73 Å². The van der Waals surface area contributed by atoms with Crippen LogP contribution in [-0.2, 0) is 0 Å². The first-order valence-electron chi connectivity index (χ1n) is 6.40. The Bertz CT molecular complexity index is 372. The molecule has 0 saturated carbocycles. The van der Waals surface area contributed by atoms with Crippen LogP contribution in [0.1, 0.15) is 34.1 Å². The second-order valence-electron chi connectivity index (χ2n) is 5.56. The summed E-state index contributed by atoms with van der Waals surface area (Å²) in [6.45, 7) is 9.02. The first-order chi connectivity index (χ1) is 8.31. The second kappa shape index (κ2) is 6.00. The van der Waals surface area contributed by atoms with E-state index in [1.54, 1.807) is 6.33 Å². The molecular formula is C13H25N5. The van der Waals surface area contributed by atoms with Crippen LogP contribution in [0.2, 0.25) is 0 Å². The van der Waals surface area contributed by atoms with Crippen molar-refractivity contribution in [1.82, 2.24) is 9.97 Å². The summed E-state index contributed by atoms with van der Waals surface area (Å²) in [5, 5.41) is 3.34. The Morgan fingerprint density at radius 3 is 2.67 bits per heavy atom. The van der Waals surface area contributed by atoms with Crippen LogP contribution in [0.3, 0.4) is 0 Å². The minimum absolute atomic E-state index is 0.246. The molecule has 1 aromatic heterocycles. The number of hydrogen-bond acceptors (Lipinski definition) is 5. The van der Waals surface area contributed by atoms with E-state index in [0.29, 0.717) is 6.04 Å². The quantitative estimate of drug-likeness (QED) is 0.808. The van der Waals surface area contributed by atoms with E-state index in [-0.39, 0.29) is 5.54 Å². The molecule has 1 rings (SSSR count). The van der Waals surface area contributed by atoms with Gasteiger partial charge in [-0.2, -0.15) is 0 Å². The summed E-state index contributed by atoms with van der Waals surface area (Å²) in [4.78, 5) is 10.5. The van der Waals surface area contributed by atoms with Crippen molar-refractivity contribution in [2.45, 2.75) is 45.7 Å². The lowest BCUT2D eigenvalue weighted by Gasteiger charge is -2.27. The van der Waals surface area contributed by atoms with Gasteiger partial charge in [0.1, 0.15) is 18.0 Å². The zero-order valence-electron chi connectivity index (χ0n) is 12.1. The van der Waals surface area contributed by atoms with Crippen LogP contribution in [0.4, 0.5) is 11.6 Å². The Morgan fingerprint density at radius 2 is 2.11 bits per heavy atom. The molecule has 0 bridgehead atoms. The van der Waals surface area contributed by atoms with Crippen molar-refractivity contribution >= 4 is 11.6 Å². The maximum Gasteiger partial charge on any atom is 0.133 e. The van der Waals surface area contributed by atoms with Gasteiger partial charge in [-0.3, -0.25) is 0 Å². The van der Waals surface area contributed by atoms with Gasteiger partial charge in [0.25, 0.3) is 0 Å². The molecule has 5 heteroatoms. The summed E-state index contributed by atoms with van der Waals surface area (Å²) in [6, 6.07) is 2.36. The van der Waals surface area contributed by atoms with Gasteiger partial charge in [-0.15, -0.1) is 0 Å². The monoisotopic (exact) mass is 251 g/mol. The number of nitrogens with one attached hydrogen (secondary N) is 1. The van der Waals surface area contributed by atoms with Crippen LogP contribution < -0.4 is 16.0 Å². The van der Waals surface area contributed by atoms with E-state index in [0.717, 1.165) is 24.6 Å². The van der Waals surface area contributed by atoms with E-state index in [1.165, 1.54) is 0 Å². The highest BCUT2D eigenvalue weighted by Crippen LogP contribution is 2.15. The lowest BCUT2D eigenvalue weighted by atomic mass is 10.1. The molecule has 18 heavy (non-hydrogen) atoms. The topological polar surface area (TPSA) is 67.1 Å². The lowest BCUT2D eigenvalue weighted by molar-refractivity contribution is 0.517. The van der Waals surface area contributed by atoms with E-state index in [9.17, 15) is 0 Å². The van der Waals surface area contributed by atoms with E-state index in [1.807, 2.05) is 31.9 Å². The number of likely N-dealkylation sites (N-methyl/N-ethyl adjacent to an activating group) is 1. The number of rotatable bonds is 6. The largest absolute Gasteiger partial charge is 0.367 e. The van der Waals surface area contributed by atoms with Gasteiger partial charge in [0, 0.05) is 31.2 Å². The van der Waals surface area contributed by atoms with Crippen LogP contribution >= 0.6 is 0 Å². The van der Waals surface area contributed by atoms with Gasteiger partial charge in [0.15, 0.2) is 0 Å². The summed E-state index contributed by atoms with van der Waals surface area (Å²) in [5.41, 5.74) is 5.77. The Kier molecular flexibility index (Phi) is 4.90. The fourth-order valence-electron chi connectivity index (χ4n) is 1.68. The third kappa shape index (κ3) is 4.87. The first-order valence-corrected chi connectivity index (χ1v) is 6.40. The molecule has 0 aliphatic heterocycles. The molecule has 0 aliphatic rings. The Hall–Kier alpha value is -1.36. The summed E-state index contributed by atoms with van der Waals surface area (Å²) < 4.78 is 0. The fourth-order valence-corrected chi connectivity index (χ4v) is 1.68. The van der Waals surface area contributed by atoms with Crippen molar-refractivity contribution in [1.29, 1.82) is 0 Å². The van der Waals surface area contributed by atoms with Gasteiger partial charge < -0.3 is 16.0 Å². The first kappa shape index (κ1) is 14.7. The molecule has 1 atom stereocenters. The van der Waals surface area contributed by atoms with Crippen molar-refractivity contribution in [3.8, 4) is 0 Å². The maximum absolute atomic E-state index is 6.01. The van der Waals surface area contributed by atoms with Crippen LogP contribution in [0.5, 0.6) is 0 Å². The van der Waals surface area contributed by atoms with Crippen molar-refractivity contribution in [3.63, 3.8) is 0 Å². The third-order valence-corrected chi connectivity index (χ3v) is 2.70. The zero-order chi connectivity index (χ0) is 13.8. The molecule has 1 aromatic rings. The molecule has 0 amide bonds. The average Bonchev–Trinajstić information content (AvgIpc) is 2.27. The SMILES string of the molecule is CCC(C)Nc1cc(N(C)CC(C)(C)N)ncn1. The molecule has 102 valence electrons. The van der Waals surface area contributed by atoms with Gasteiger partial charge in [-0.05, 0) is 27.2 Å². The Labute approximate surface area is 110 Å².